The first-order chi connectivity index (χ1) is 52.3. The van der Waals surface area contributed by atoms with Crippen molar-refractivity contribution < 1.29 is 55.0 Å². The molecule has 38 heteroatoms. The van der Waals surface area contributed by atoms with Crippen LogP contribution >= 0.6 is 23.2 Å². The first-order valence-electron chi connectivity index (χ1n) is 32.8. The summed E-state index contributed by atoms with van der Waals surface area (Å²) in [6.07, 6.45) is 6.85. The van der Waals surface area contributed by atoms with Gasteiger partial charge >= 0.3 is 13.0 Å². The van der Waals surface area contributed by atoms with Crippen LogP contribution in [-0.4, -0.2) is 125 Å². The largest absolute Gasteiger partial charge is 0.574 e. The third kappa shape index (κ3) is 25.3. The number of carbonyl (C=O) groups excluding carboxylic acids is 4. The van der Waals surface area contributed by atoms with Crippen molar-refractivity contribution in [1.82, 2.24) is 90.3 Å². The lowest BCUT2D eigenvalue weighted by Gasteiger charge is -2.26. The zero-order valence-electron chi connectivity index (χ0n) is 57.4. The Hall–Kier alpha value is -13.1. The number of amides is 4. The van der Waals surface area contributed by atoms with Crippen LogP contribution in [0.25, 0.3) is 45.0 Å². The summed E-state index contributed by atoms with van der Waals surface area (Å²) in [5.74, 6) is -1.72. The Balaban J connectivity index is 0.000000168. The zero-order valence-corrected chi connectivity index (χ0v) is 58.9. The van der Waals surface area contributed by atoms with Crippen molar-refractivity contribution in [2.75, 3.05) is 23.7 Å². The highest BCUT2D eigenvalue weighted by Crippen LogP contribution is 2.26. The normalized spacial score (nSPS) is 11.5. The third-order valence-corrected chi connectivity index (χ3v) is 15.5. The number of pyridine rings is 2. The van der Waals surface area contributed by atoms with E-state index in [9.17, 15) is 64.7 Å². The topological polar surface area (TPSA) is 376 Å². The first-order valence-corrected chi connectivity index (χ1v) is 33.6. The number of benzene rings is 3. The molecule has 0 atom stereocenters. The van der Waals surface area contributed by atoms with Crippen LogP contribution in [0, 0.1) is 5.82 Å². The van der Waals surface area contributed by atoms with Crippen LogP contribution in [0.3, 0.4) is 0 Å². The van der Waals surface area contributed by atoms with Crippen LogP contribution in [-0.2, 0) is 51.9 Å². The lowest BCUT2D eigenvalue weighted by molar-refractivity contribution is -0.276. The van der Waals surface area contributed by atoms with Crippen LogP contribution < -0.4 is 63.6 Å². The zero-order chi connectivity index (χ0) is 78.0. The molecular weight excluding hydrogens is 1480 g/mol. The number of rotatable bonds is 24. The molecule has 0 unspecified atom stereocenters. The van der Waals surface area contributed by atoms with Gasteiger partial charge in [-0.05, 0) is 130 Å². The molecular formula is C71H64Cl2F6N20O10. The van der Waals surface area contributed by atoms with Crippen molar-refractivity contribution in [3.8, 4) is 56.8 Å². The highest BCUT2D eigenvalue weighted by molar-refractivity contribution is 6.31. The smallest absolute Gasteiger partial charge is 0.417 e. The lowest BCUT2D eigenvalue weighted by atomic mass is 9.93. The molecule has 0 saturated heterocycles. The number of alkyl halides is 5. The average Bonchev–Trinajstić information content (AvgIpc) is 0.842. The minimum Gasteiger partial charge on any atom is -0.417 e. The number of halogens is 8. The van der Waals surface area contributed by atoms with E-state index in [1.165, 1.54) is 72.9 Å². The molecule has 3 aromatic carbocycles. The molecule has 109 heavy (non-hydrogen) atoms. The number of carbonyl (C=O) groups is 4. The minimum atomic E-state index is -4.85. The number of ether oxygens (including phenoxy) is 2. The van der Waals surface area contributed by atoms with Crippen molar-refractivity contribution >= 4 is 70.1 Å². The van der Waals surface area contributed by atoms with Crippen molar-refractivity contribution in [3.63, 3.8) is 0 Å². The van der Waals surface area contributed by atoms with E-state index in [0.717, 1.165) is 55.9 Å². The maximum atomic E-state index is 12.9. The lowest BCUT2D eigenvalue weighted by Crippen LogP contribution is -2.42. The van der Waals surface area contributed by atoms with Crippen molar-refractivity contribution in [1.29, 1.82) is 0 Å². The summed E-state index contributed by atoms with van der Waals surface area (Å²) >= 11 is 11.9. The van der Waals surface area contributed by atoms with Crippen molar-refractivity contribution in [2.45, 2.75) is 84.8 Å². The Kier molecular flexibility index (Phi) is 28.4. The SMILES string of the molecule is CCNC(=O)Cn1nc(-c2cnc(Nc3ccc(Cl)cc3)nc2)ccc1=O.CCNC(=O)Cn1nc(-c2cnc(Nc3ccc(F)cc3)nc2)ccc1=O.O=C(Cn1nc(-c2ccc(OC(F)(F)F)nc2)ccc1=O)NCc1ccccc1Cl.O=C(Cn1nc(-c2ccc(OC(F)F)nc2)ccc1=O)NC1CCC1. The van der Waals surface area contributed by atoms with Gasteiger partial charge in [-0.1, -0.05) is 41.4 Å². The predicted octanol–water partition coefficient (Wildman–Crippen LogP) is 8.70. The molecule has 0 spiro atoms. The molecule has 1 aliphatic rings. The molecule has 564 valence electrons. The Morgan fingerprint density at radius 2 is 0.881 bits per heavy atom. The second kappa shape index (κ2) is 38.8. The summed E-state index contributed by atoms with van der Waals surface area (Å²) in [6.45, 7) is 0.967. The van der Waals surface area contributed by atoms with Gasteiger partial charge in [0.25, 0.3) is 22.2 Å². The van der Waals surface area contributed by atoms with E-state index >= 15 is 0 Å². The minimum absolute atomic E-state index is 0.141. The molecule has 4 amide bonds. The summed E-state index contributed by atoms with van der Waals surface area (Å²) in [7, 11) is 0. The van der Waals surface area contributed by atoms with Crippen molar-refractivity contribution in [3.05, 3.63) is 246 Å². The Bertz CT molecular complexity index is 5000. The number of hydrogen-bond acceptors (Lipinski definition) is 22. The number of likely N-dealkylation sites (N-methyl/N-ethyl adjacent to an activating group) is 2. The van der Waals surface area contributed by atoms with Crippen LogP contribution in [0.1, 0.15) is 38.7 Å². The standard InChI is InChI=1S/C19H14ClF3N4O3.C18H17ClN6O2.C18H17FN6O2.C16H16F2N4O3/c20-14-4-2-1-3-12(14)9-24-16(28)11-27-18(29)8-6-15(26-27)13-5-7-17(25-10-13)30-19(21,22)23;2*1-2-20-16(26)11-25-17(27)8-7-15(24-25)12-9-21-18(22-10-12)23-14-5-3-13(19)4-6-14;17-16(18)25-14-6-4-10(8-19-14)12-5-7-15(24)22(21-12)9-13(23)20-11-2-1-3-11/h1-8,10H,9,11H2,(H,24,28);2*3-10H,2,11H2,1H3,(H,20,26)(H,21,22,23);4-8,11,16H,1-3,9H2,(H,20,23). The van der Waals surface area contributed by atoms with Crippen LogP contribution in [0.4, 0.5) is 49.6 Å². The van der Waals surface area contributed by atoms with Crippen LogP contribution in [0.15, 0.2) is 202 Å². The summed E-state index contributed by atoms with van der Waals surface area (Å²) in [6, 6.07) is 36.4. The highest BCUT2D eigenvalue weighted by Gasteiger charge is 2.32. The molecule has 30 nitrogen and oxygen atoms in total. The van der Waals surface area contributed by atoms with E-state index in [4.69, 9.17) is 23.2 Å². The quantitative estimate of drug-likeness (QED) is 0.0308. The number of nitrogens with one attached hydrogen (secondary N) is 6. The van der Waals surface area contributed by atoms with Gasteiger partial charge < -0.3 is 41.4 Å². The van der Waals surface area contributed by atoms with E-state index in [1.54, 1.807) is 92.4 Å². The molecule has 6 N–H and O–H groups in total. The molecule has 0 aliphatic heterocycles. The van der Waals surface area contributed by atoms with E-state index < -0.39 is 35.9 Å². The fraction of sp³-hybridized carbons (Fsp3) is 0.211. The van der Waals surface area contributed by atoms with Gasteiger partial charge in [-0.15, -0.1) is 13.2 Å². The van der Waals surface area contributed by atoms with Gasteiger partial charge in [0, 0.05) is 143 Å². The molecule has 0 bridgehead atoms. The fourth-order valence-electron chi connectivity index (χ4n) is 9.41. The first kappa shape index (κ1) is 80.0. The van der Waals surface area contributed by atoms with E-state index in [2.05, 4.69) is 91.7 Å². The Morgan fingerprint density at radius 3 is 1.27 bits per heavy atom. The van der Waals surface area contributed by atoms with Gasteiger partial charge in [-0.2, -0.15) is 29.2 Å². The highest BCUT2D eigenvalue weighted by atomic mass is 35.5. The number of anilines is 4. The molecule has 1 fully saturated rings. The second-order valence-corrected chi connectivity index (χ2v) is 23.7. The molecule has 11 aromatic rings. The third-order valence-electron chi connectivity index (χ3n) is 14.9. The van der Waals surface area contributed by atoms with Gasteiger partial charge in [0.2, 0.25) is 47.3 Å². The Labute approximate surface area is 623 Å². The Morgan fingerprint density at radius 1 is 0.486 bits per heavy atom. The van der Waals surface area contributed by atoms with Gasteiger partial charge in [-0.25, -0.2) is 53.0 Å². The van der Waals surface area contributed by atoms with Crippen LogP contribution in [0.2, 0.25) is 10.0 Å². The average molecular weight is 1540 g/mol. The molecule has 0 radical (unpaired) electrons. The van der Waals surface area contributed by atoms with Gasteiger partial charge in [0.15, 0.2) is 0 Å². The van der Waals surface area contributed by atoms with E-state index in [-0.39, 0.29) is 85.0 Å². The van der Waals surface area contributed by atoms with Gasteiger partial charge in [0.1, 0.15) is 32.0 Å². The maximum Gasteiger partial charge on any atom is 0.574 e. The molecule has 1 aliphatic carbocycles. The molecule has 1 saturated carbocycles. The fourth-order valence-corrected chi connectivity index (χ4v) is 9.74. The van der Waals surface area contributed by atoms with Crippen LogP contribution in [0.5, 0.6) is 11.8 Å². The van der Waals surface area contributed by atoms with Crippen molar-refractivity contribution in [2.24, 2.45) is 0 Å². The summed E-state index contributed by atoms with van der Waals surface area (Å²) < 4.78 is 86.0. The van der Waals surface area contributed by atoms with Gasteiger partial charge in [0.05, 0.1) is 22.8 Å². The molecule has 12 rings (SSSR count). The number of aromatic nitrogens is 14. The predicted molar refractivity (Wildman–Crippen MR) is 387 cm³/mol. The number of nitrogens with zero attached hydrogens (tertiary/aromatic N) is 14. The summed E-state index contributed by atoms with van der Waals surface area (Å²) in [4.78, 5) is 119. The van der Waals surface area contributed by atoms with Gasteiger partial charge in [-0.3, -0.25) is 38.4 Å². The monoisotopic (exact) mass is 1540 g/mol. The van der Waals surface area contributed by atoms with E-state index in [0.29, 0.717) is 85.6 Å². The second-order valence-electron chi connectivity index (χ2n) is 22.9. The summed E-state index contributed by atoms with van der Waals surface area (Å²) in [5, 5.41) is 34.5. The summed E-state index contributed by atoms with van der Waals surface area (Å²) in [5.41, 5.74) is 4.19. The van der Waals surface area contributed by atoms with E-state index in [1.807, 2.05) is 19.1 Å². The number of hydrogen-bond donors (Lipinski definition) is 6. The molecule has 8 heterocycles. The molecule has 8 aromatic heterocycles. The maximum absolute atomic E-state index is 12.9.